The van der Waals surface area contributed by atoms with Crippen molar-refractivity contribution in [1.29, 1.82) is 0 Å². The summed E-state index contributed by atoms with van der Waals surface area (Å²) in [6.07, 6.45) is 3.36. The summed E-state index contributed by atoms with van der Waals surface area (Å²) in [5, 5.41) is 0. The number of rotatable bonds is 3. The average molecular weight is 188 g/mol. The van der Waals surface area contributed by atoms with Crippen molar-refractivity contribution in [2.24, 2.45) is 0 Å². The summed E-state index contributed by atoms with van der Waals surface area (Å²) < 4.78 is 0. The van der Waals surface area contributed by atoms with Crippen LogP contribution in [0.25, 0.3) is 0 Å². The molecule has 0 N–H and O–H groups in total. The summed E-state index contributed by atoms with van der Waals surface area (Å²) in [4.78, 5) is 11.5. The Balaban J connectivity index is 2.99. The van der Waals surface area contributed by atoms with Gasteiger partial charge < -0.3 is 0 Å². The zero-order chi connectivity index (χ0) is 10.6. The molecular formula is C13H16O. The van der Waals surface area contributed by atoms with Gasteiger partial charge in [-0.3, -0.25) is 4.79 Å². The van der Waals surface area contributed by atoms with Gasteiger partial charge in [-0.2, -0.15) is 0 Å². The third kappa shape index (κ3) is 2.56. The van der Waals surface area contributed by atoms with Crippen molar-refractivity contribution < 1.29 is 4.79 Å². The first kappa shape index (κ1) is 10.7. The molecule has 0 fully saturated rings. The molecular weight excluding hydrogens is 172 g/mol. The fourth-order valence-electron chi connectivity index (χ4n) is 1.30. The average Bonchev–Trinajstić information content (AvgIpc) is 2.18. The summed E-state index contributed by atoms with van der Waals surface area (Å²) in [7, 11) is 0. The quantitative estimate of drug-likeness (QED) is 0.523. The Hall–Kier alpha value is -1.37. The molecule has 0 aromatic heterocycles. The van der Waals surface area contributed by atoms with Crippen LogP contribution in [-0.2, 0) is 0 Å². The molecule has 0 heterocycles. The third-order valence-electron chi connectivity index (χ3n) is 2.16. The molecule has 0 unspecified atom stereocenters. The molecule has 1 nitrogen and oxygen atoms in total. The van der Waals surface area contributed by atoms with Crippen molar-refractivity contribution in [2.75, 3.05) is 0 Å². The summed E-state index contributed by atoms with van der Waals surface area (Å²) in [6, 6.07) is 7.81. The highest BCUT2D eigenvalue weighted by Crippen LogP contribution is 2.15. The molecule has 0 aliphatic carbocycles. The van der Waals surface area contributed by atoms with Gasteiger partial charge in [0.2, 0.25) is 0 Å². The van der Waals surface area contributed by atoms with E-state index in [0.29, 0.717) is 5.92 Å². The van der Waals surface area contributed by atoms with E-state index in [2.05, 4.69) is 19.9 Å². The van der Waals surface area contributed by atoms with Crippen LogP contribution in [0.4, 0.5) is 0 Å². The van der Waals surface area contributed by atoms with Crippen molar-refractivity contribution in [3.63, 3.8) is 0 Å². The number of hydrogen-bond acceptors (Lipinski definition) is 1. The molecule has 0 radical (unpaired) electrons. The molecule has 0 spiro atoms. The van der Waals surface area contributed by atoms with Crippen LogP contribution < -0.4 is 0 Å². The molecule has 1 aromatic rings. The number of ketones is 1. The van der Waals surface area contributed by atoms with Gasteiger partial charge in [0, 0.05) is 5.56 Å². The van der Waals surface area contributed by atoms with Crippen LogP contribution in [0, 0.1) is 0 Å². The lowest BCUT2D eigenvalue weighted by atomic mass is 9.99. The van der Waals surface area contributed by atoms with E-state index in [1.807, 2.05) is 25.1 Å². The van der Waals surface area contributed by atoms with Crippen molar-refractivity contribution in [1.82, 2.24) is 0 Å². The Bertz CT molecular complexity index is 348. The summed E-state index contributed by atoms with van der Waals surface area (Å²) in [5.74, 6) is 0.545. The Morgan fingerprint density at radius 3 is 2.64 bits per heavy atom. The van der Waals surface area contributed by atoms with Gasteiger partial charge in [0.15, 0.2) is 5.78 Å². The van der Waals surface area contributed by atoms with E-state index < -0.39 is 0 Å². The molecule has 0 saturated carbocycles. The summed E-state index contributed by atoms with van der Waals surface area (Å²) >= 11 is 0. The van der Waals surface area contributed by atoms with Gasteiger partial charge in [0.25, 0.3) is 0 Å². The van der Waals surface area contributed by atoms with Gasteiger partial charge in [-0.1, -0.05) is 38.1 Å². The smallest absolute Gasteiger partial charge is 0.185 e. The first-order valence-electron chi connectivity index (χ1n) is 4.92. The lowest BCUT2D eigenvalue weighted by Gasteiger charge is -2.05. The molecule has 0 saturated heterocycles. The normalized spacial score (nSPS) is 11.1. The standard InChI is InChI=1S/C13H16O/c1-4-6-13(14)12-8-5-7-11(9-12)10(2)3/h4-10H,1-3H3. The van der Waals surface area contributed by atoms with E-state index in [-0.39, 0.29) is 5.78 Å². The fourth-order valence-corrected chi connectivity index (χ4v) is 1.30. The molecule has 74 valence electrons. The number of benzene rings is 1. The largest absolute Gasteiger partial charge is 0.289 e. The van der Waals surface area contributed by atoms with Gasteiger partial charge in [-0.15, -0.1) is 0 Å². The Morgan fingerprint density at radius 1 is 1.36 bits per heavy atom. The monoisotopic (exact) mass is 188 g/mol. The number of hydrogen-bond donors (Lipinski definition) is 0. The van der Waals surface area contributed by atoms with E-state index in [1.54, 1.807) is 12.2 Å². The van der Waals surface area contributed by atoms with Gasteiger partial charge in [-0.05, 0) is 30.5 Å². The number of allylic oxidation sites excluding steroid dienone is 2. The van der Waals surface area contributed by atoms with Crippen molar-refractivity contribution in [3.05, 3.63) is 47.5 Å². The SMILES string of the molecule is CC=CC(=O)c1cccc(C(C)C)c1. The Labute approximate surface area is 85.5 Å². The lowest BCUT2D eigenvalue weighted by molar-refractivity contribution is 0.104. The Kier molecular flexibility index (Phi) is 3.63. The van der Waals surface area contributed by atoms with Crippen molar-refractivity contribution >= 4 is 5.78 Å². The molecule has 0 bridgehead atoms. The second-order valence-electron chi connectivity index (χ2n) is 3.64. The first-order chi connectivity index (χ1) is 6.65. The lowest BCUT2D eigenvalue weighted by Crippen LogP contribution is -1.96. The maximum Gasteiger partial charge on any atom is 0.185 e. The molecule has 14 heavy (non-hydrogen) atoms. The zero-order valence-electron chi connectivity index (χ0n) is 8.95. The van der Waals surface area contributed by atoms with Crippen LogP contribution in [0.1, 0.15) is 42.6 Å². The predicted molar refractivity (Wildman–Crippen MR) is 59.7 cm³/mol. The zero-order valence-corrected chi connectivity index (χ0v) is 8.95. The summed E-state index contributed by atoms with van der Waals surface area (Å²) in [5.41, 5.74) is 1.98. The van der Waals surface area contributed by atoms with Crippen LogP contribution in [-0.4, -0.2) is 5.78 Å². The minimum Gasteiger partial charge on any atom is -0.289 e. The van der Waals surface area contributed by atoms with Crippen LogP contribution in [0.3, 0.4) is 0 Å². The van der Waals surface area contributed by atoms with E-state index >= 15 is 0 Å². The molecule has 1 heteroatoms. The Morgan fingerprint density at radius 2 is 2.07 bits per heavy atom. The van der Waals surface area contributed by atoms with Gasteiger partial charge in [0.1, 0.15) is 0 Å². The van der Waals surface area contributed by atoms with Gasteiger partial charge >= 0.3 is 0 Å². The van der Waals surface area contributed by atoms with E-state index in [4.69, 9.17) is 0 Å². The fraction of sp³-hybridized carbons (Fsp3) is 0.308. The highest BCUT2D eigenvalue weighted by Gasteiger charge is 2.04. The molecule has 0 aliphatic rings. The first-order valence-corrected chi connectivity index (χ1v) is 4.92. The second kappa shape index (κ2) is 4.75. The van der Waals surface area contributed by atoms with E-state index in [0.717, 1.165) is 5.56 Å². The predicted octanol–water partition coefficient (Wildman–Crippen LogP) is 3.57. The minimum atomic E-state index is 0.0787. The number of carbonyl (C=O) groups excluding carboxylic acids is 1. The highest BCUT2D eigenvalue weighted by molar-refractivity contribution is 6.04. The van der Waals surface area contributed by atoms with E-state index in [1.165, 1.54) is 5.56 Å². The molecule has 0 aliphatic heterocycles. The third-order valence-corrected chi connectivity index (χ3v) is 2.16. The van der Waals surface area contributed by atoms with Gasteiger partial charge in [-0.25, -0.2) is 0 Å². The van der Waals surface area contributed by atoms with E-state index in [9.17, 15) is 4.79 Å². The maximum absolute atomic E-state index is 11.5. The van der Waals surface area contributed by atoms with Crippen LogP contribution in [0.5, 0.6) is 0 Å². The molecule has 1 rings (SSSR count). The number of carbonyl (C=O) groups is 1. The molecule has 0 atom stereocenters. The molecule has 0 amide bonds. The molecule has 1 aromatic carbocycles. The highest BCUT2D eigenvalue weighted by atomic mass is 16.1. The maximum atomic E-state index is 11.5. The van der Waals surface area contributed by atoms with Crippen LogP contribution in [0.2, 0.25) is 0 Å². The van der Waals surface area contributed by atoms with Crippen molar-refractivity contribution in [2.45, 2.75) is 26.7 Å². The van der Waals surface area contributed by atoms with Crippen molar-refractivity contribution in [3.8, 4) is 0 Å². The second-order valence-corrected chi connectivity index (χ2v) is 3.64. The minimum absolute atomic E-state index is 0.0787. The topological polar surface area (TPSA) is 17.1 Å². The van der Waals surface area contributed by atoms with Crippen LogP contribution >= 0.6 is 0 Å². The van der Waals surface area contributed by atoms with Crippen LogP contribution in [0.15, 0.2) is 36.4 Å². The summed E-state index contributed by atoms with van der Waals surface area (Å²) in [6.45, 7) is 6.10. The van der Waals surface area contributed by atoms with Gasteiger partial charge in [0.05, 0.1) is 0 Å².